The highest BCUT2D eigenvalue weighted by Gasteiger charge is 2.43. The van der Waals surface area contributed by atoms with Crippen LogP contribution in [0.2, 0.25) is 10.0 Å². The van der Waals surface area contributed by atoms with Crippen molar-refractivity contribution in [1.82, 2.24) is 0 Å². The first-order valence-electron chi connectivity index (χ1n) is 6.35. The van der Waals surface area contributed by atoms with Gasteiger partial charge in [0.05, 0.1) is 16.0 Å². The lowest BCUT2D eigenvalue weighted by atomic mass is 9.77. The predicted molar refractivity (Wildman–Crippen MR) is 72.3 cm³/mol. The van der Waals surface area contributed by atoms with Crippen molar-refractivity contribution in [2.75, 3.05) is 0 Å². The Balaban J connectivity index is 2.19. The number of carbonyl (C=O) groups is 1. The van der Waals surface area contributed by atoms with Gasteiger partial charge in [-0.1, -0.05) is 35.7 Å². The number of hydrogen-bond donors (Lipinski definition) is 0. The number of Topliss-reactive ketones (excluding diaryl/α,β-unsaturated/α-hetero) is 1. The maximum atomic E-state index is 12.8. The molecular formula is C14H13Cl2F3O. The minimum Gasteiger partial charge on any atom is -0.294 e. The quantitative estimate of drug-likeness (QED) is 0.652. The molecule has 1 nitrogen and oxygen atoms in total. The Hall–Kier alpha value is -0.740. The summed E-state index contributed by atoms with van der Waals surface area (Å²) in [4.78, 5) is 12.3. The van der Waals surface area contributed by atoms with Crippen molar-refractivity contribution >= 4 is 29.0 Å². The third-order valence-corrected chi connectivity index (χ3v) is 4.54. The predicted octanol–water partition coefficient (Wildman–Crippen LogP) is 5.54. The number of alkyl halides is 3. The molecule has 0 heterocycles. The number of ketones is 1. The topological polar surface area (TPSA) is 17.1 Å². The molecule has 0 radical (unpaired) electrons. The van der Waals surface area contributed by atoms with Gasteiger partial charge in [0, 0.05) is 11.5 Å². The molecule has 0 N–H and O–H groups in total. The highest BCUT2D eigenvalue weighted by Crippen LogP contribution is 2.41. The summed E-state index contributed by atoms with van der Waals surface area (Å²) in [6, 6.07) is 4.62. The molecule has 1 saturated carbocycles. The van der Waals surface area contributed by atoms with Crippen molar-refractivity contribution in [2.24, 2.45) is 11.8 Å². The van der Waals surface area contributed by atoms with Crippen LogP contribution in [0.4, 0.5) is 13.2 Å². The van der Waals surface area contributed by atoms with Gasteiger partial charge in [0.15, 0.2) is 5.78 Å². The Morgan fingerprint density at radius 3 is 2.55 bits per heavy atom. The molecule has 1 fully saturated rings. The molecule has 0 bridgehead atoms. The molecule has 0 aromatic heterocycles. The first-order chi connectivity index (χ1) is 9.30. The number of halogens is 5. The van der Waals surface area contributed by atoms with Gasteiger partial charge in [-0.3, -0.25) is 4.79 Å². The molecular weight excluding hydrogens is 312 g/mol. The zero-order chi connectivity index (χ0) is 14.9. The van der Waals surface area contributed by atoms with Crippen LogP contribution in [0.15, 0.2) is 18.2 Å². The molecule has 0 amide bonds. The van der Waals surface area contributed by atoms with E-state index in [0.29, 0.717) is 12.8 Å². The summed E-state index contributed by atoms with van der Waals surface area (Å²) in [6.45, 7) is 0. The zero-order valence-corrected chi connectivity index (χ0v) is 12.0. The van der Waals surface area contributed by atoms with E-state index in [1.54, 1.807) is 12.1 Å². The number of rotatable bonds is 2. The zero-order valence-electron chi connectivity index (χ0n) is 10.5. The van der Waals surface area contributed by atoms with Crippen LogP contribution in [-0.2, 0) is 0 Å². The SMILES string of the molecule is O=C(c1cccc(Cl)c1Cl)C1CCCC(C(F)(F)F)C1. The average molecular weight is 325 g/mol. The Labute approximate surface area is 125 Å². The molecule has 2 unspecified atom stereocenters. The number of carbonyl (C=O) groups excluding carboxylic acids is 1. The van der Waals surface area contributed by atoms with Crippen molar-refractivity contribution in [3.8, 4) is 0 Å². The fourth-order valence-corrected chi connectivity index (χ4v) is 3.03. The Kier molecular flexibility index (Phi) is 4.65. The van der Waals surface area contributed by atoms with E-state index in [2.05, 4.69) is 0 Å². The van der Waals surface area contributed by atoms with Crippen LogP contribution in [-0.4, -0.2) is 12.0 Å². The molecule has 2 atom stereocenters. The van der Waals surface area contributed by atoms with Gasteiger partial charge in [-0.15, -0.1) is 0 Å². The van der Waals surface area contributed by atoms with Crippen LogP contribution in [0, 0.1) is 11.8 Å². The van der Waals surface area contributed by atoms with Crippen molar-refractivity contribution in [3.05, 3.63) is 33.8 Å². The van der Waals surface area contributed by atoms with Gasteiger partial charge in [0.1, 0.15) is 0 Å². The number of benzene rings is 1. The molecule has 0 spiro atoms. The summed E-state index contributed by atoms with van der Waals surface area (Å²) in [5.41, 5.74) is 0.215. The lowest BCUT2D eigenvalue weighted by molar-refractivity contribution is -0.184. The summed E-state index contributed by atoms with van der Waals surface area (Å²) in [7, 11) is 0. The standard InChI is InChI=1S/C14H13Cl2F3O/c15-11-6-2-5-10(12(11)16)13(20)8-3-1-4-9(7-8)14(17,18)19/h2,5-6,8-9H,1,3-4,7H2. The smallest absolute Gasteiger partial charge is 0.294 e. The van der Waals surface area contributed by atoms with E-state index in [1.807, 2.05) is 0 Å². The Morgan fingerprint density at radius 1 is 1.20 bits per heavy atom. The van der Waals surface area contributed by atoms with Gasteiger partial charge in [-0.05, 0) is 31.4 Å². The normalized spacial score (nSPS) is 23.6. The molecule has 20 heavy (non-hydrogen) atoms. The minimum atomic E-state index is -4.24. The van der Waals surface area contributed by atoms with Gasteiger partial charge in [-0.2, -0.15) is 13.2 Å². The van der Waals surface area contributed by atoms with Crippen LogP contribution < -0.4 is 0 Å². The summed E-state index contributed by atoms with van der Waals surface area (Å²) in [6.07, 6.45) is -3.44. The van der Waals surface area contributed by atoms with Crippen LogP contribution >= 0.6 is 23.2 Å². The highest BCUT2D eigenvalue weighted by molar-refractivity contribution is 6.43. The Bertz CT molecular complexity index is 514. The van der Waals surface area contributed by atoms with Gasteiger partial charge in [-0.25, -0.2) is 0 Å². The molecule has 110 valence electrons. The highest BCUT2D eigenvalue weighted by atomic mass is 35.5. The van der Waals surface area contributed by atoms with Crippen LogP contribution in [0.1, 0.15) is 36.0 Å². The van der Waals surface area contributed by atoms with Crippen LogP contribution in [0.3, 0.4) is 0 Å². The summed E-state index contributed by atoms with van der Waals surface area (Å²) in [5.74, 6) is -2.37. The maximum absolute atomic E-state index is 12.8. The van der Waals surface area contributed by atoms with Gasteiger partial charge >= 0.3 is 6.18 Å². The molecule has 1 aromatic rings. The Morgan fingerprint density at radius 2 is 1.90 bits per heavy atom. The molecule has 0 saturated heterocycles. The molecule has 6 heteroatoms. The molecule has 0 aliphatic heterocycles. The number of hydrogen-bond acceptors (Lipinski definition) is 1. The minimum absolute atomic E-state index is 0.0938. The first-order valence-corrected chi connectivity index (χ1v) is 7.11. The fourth-order valence-electron chi connectivity index (χ4n) is 2.64. The van der Waals surface area contributed by atoms with Crippen LogP contribution in [0.5, 0.6) is 0 Å². The van der Waals surface area contributed by atoms with E-state index in [1.165, 1.54) is 6.07 Å². The van der Waals surface area contributed by atoms with E-state index in [-0.39, 0.29) is 34.2 Å². The van der Waals surface area contributed by atoms with Crippen molar-refractivity contribution in [3.63, 3.8) is 0 Å². The van der Waals surface area contributed by atoms with Gasteiger partial charge in [0.2, 0.25) is 0 Å². The molecule has 1 aromatic carbocycles. The maximum Gasteiger partial charge on any atom is 0.391 e. The monoisotopic (exact) mass is 324 g/mol. The molecule has 2 rings (SSSR count). The summed E-state index contributed by atoms with van der Waals surface area (Å²) >= 11 is 11.8. The first kappa shape index (κ1) is 15.6. The third kappa shape index (κ3) is 3.29. The van der Waals surface area contributed by atoms with E-state index < -0.39 is 18.0 Å². The van der Waals surface area contributed by atoms with Gasteiger partial charge < -0.3 is 0 Å². The van der Waals surface area contributed by atoms with E-state index in [4.69, 9.17) is 23.2 Å². The average Bonchev–Trinajstić information content (AvgIpc) is 2.40. The second-order valence-corrected chi connectivity index (χ2v) is 5.85. The third-order valence-electron chi connectivity index (χ3n) is 3.72. The van der Waals surface area contributed by atoms with E-state index >= 15 is 0 Å². The second kappa shape index (κ2) is 5.94. The molecule has 1 aliphatic rings. The van der Waals surface area contributed by atoms with Crippen molar-refractivity contribution in [2.45, 2.75) is 31.9 Å². The van der Waals surface area contributed by atoms with E-state index in [0.717, 1.165) is 0 Å². The van der Waals surface area contributed by atoms with Crippen LogP contribution in [0.25, 0.3) is 0 Å². The van der Waals surface area contributed by atoms with Crippen molar-refractivity contribution < 1.29 is 18.0 Å². The summed E-state index contributed by atoms with van der Waals surface area (Å²) in [5, 5.41) is 0.356. The lowest BCUT2D eigenvalue weighted by Gasteiger charge is -2.29. The van der Waals surface area contributed by atoms with E-state index in [9.17, 15) is 18.0 Å². The fraction of sp³-hybridized carbons (Fsp3) is 0.500. The largest absolute Gasteiger partial charge is 0.391 e. The second-order valence-electron chi connectivity index (χ2n) is 5.07. The molecule has 1 aliphatic carbocycles. The summed E-state index contributed by atoms with van der Waals surface area (Å²) < 4.78 is 38.3. The van der Waals surface area contributed by atoms with Gasteiger partial charge in [0.25, 0.3) is 0 Å². The van der Waals surface area contributed by atoms with Crippen molar-refractivity contribution in [1.29, 1.82) is 0 Å². The lowest BCUT2D eigenvalue weighted by Crippen LogP contribution is -2.31.